The molecule has 0 saturated carbocycles. The number of fused-ring (bicyclic) bond motifs is 5. The molecule has 0 radical (unpaired) electrons. The molecule has 3 aliphatic rings. The van der Waals surface area contributed by atoms with Crippen LogP contribution in [0.3, 0.4) is 0 Å². The van der Waals surface area contributed by atoms with Gasteiger partial charge in [-0.15, -0.1) is 0 Å². The SMILES string of the molecule is CCc1ccc(OC)cc1C1=C(O)C2C(C1=O)[C@@H]1CC[C@H]2O1. The highest BCUT2D eigenvalue weighted by molar-refractivity contribution is 6.25. The number of carbonyl (C=O) groups is 1. The van der Waals surface area contributed by atoms with E-state index >= 15 is 0 Å². The highest BCUT2D eigenvalue weighted by atomic mass is 16.5. The number of hydrogen-bond donors (Lipinski definition) is 1. The lowest BCUT2D eigenvalue weighted by Gasteiger charge is -2.19. The van der Waals surface area contributed by atoms with E-state index in [2.05, 4.69) is 6.92 Å². The van der Waals surface area contributed by atoms with E-state index in [1.807, 2.05) is 18.2 Å². The number of rotatable bonds is 3. The maximum atomic E-state index is 12.9. The summed E-state index contributed by atoms with van der Waals surface area (Å²) in [7, 11) is 1.61. The number of benzene rings is 1. The minimum Gasteiger partial charge on any atom is -0.511 e. The maximum Gasteiger partial charge on any atom is 0.173 e. The summed E-state index contributed by atoms with van der Waals surface area (Å²) >= 11 is 0. The van der Waals surface area contributed by atoms with Gasteiger partial charge in [0.15, 0.2) is 5.78 Å². The molecule has 2 heterocycles. The van der Waals surface area contributed by atoms with Gasteiger partial charge in [0.2, 0.25) is 0 Å². The topological polar surface area (TPSA) is 55.8 Å². The molecule has 22 heavy (non-hydrogen) atoms. The lowest BCUT2D eigenvalue weighted by atomic mass is 9.80. The molecule has 0 spiro atoms. The standard InChI is InChI=1S/C18H20O4/c1-3-9-4-5-10(21-2)8-11(9)14-17(19)15-12-6-7-13(22-12)16(15)18(14)20/h4-5,8,12-13,15-16,19H,3,6-7H2,1-2H3/t12-,13+,15?,16?/m1/s1. The Morgan fingerprint density at radius 3 is 2.64 bits per heavy atom. The first kappa shape index (κ1) is 13.8. The van der Waals surface area contributed by atoms with Crippen LogP contribution in [-0.2, 0) is 16.0 Å². The summed E-state index contributed by atoms with van der Waals surface area (Å²) < 4.78 is 11.1. The van der Waals surface area contributed by atoms with Crippen LogP contribution in [0.15, 0.2) is 24.0 Å². The number of aliphatic hydroxyl groups is 1. The molecule has 4 rings (SSSR count). The van der Waals surface area contributed by atoms with Gasteiger partial charge in [-0.2, -0.15) is 0 Å². The molecule has 1 aliphatic carbocycles. The third kappa shape index (κ3) is 1.70. The van der Waals surface area contributed by atoms with E-state index in [0.29, 0.717) is 11.3 Å². The molecule has 2 saturated heterocycles. The first-order chi connectivity index (χ1) is 10.7. The Balaban J connectivity index is 1.84. The fraction of sp³-hybridized carbons (Fsp3) is 0.500. The van der Waals surface area contributed by atoms with Gasteiger partial charge in [0.05, 0.1) is 36.7 Å². The molecule has 4 nitrogen and oxygen atoms in total. The molecule has 1 aromatic rings. The summed E-state index contributed by atoms with van der Waals surface area (Å²) in [5.74, 6) is 0.640. The molecule has 0 amide bonds. The predicted molar refractivity (Wildman–Crippen MR) is 81.8 cm³/mol. The largest absolute Gasteiger partial charge is 0.511 e. The van der Waals surface area contributed by atoms with E-state index in [0.717, 1.165) is 30.4 Å². The van der Waals surface area contributed by atoms with Crippen molar-refractivity contribution >= 4 is 11.4 Å². The van der Waals surface area contributed by atoms with Gasteiger partial charge in [-0.25, -0.2) is 0 Å². The molecule has 4 atom stereocenters. The summed E-state index contributed by atoms with van der Waals surface area (Å²) in [5, 5.41) is 10.7. The van der Waals surface area contributed by atoms with Crippen molar-refractivity contribution in [3.63, 3.8) is 0 Å². The number of aliphatic hydroxyl groups excluding tert-OH is 1. The minimum absolute atomic E-state index is 0.00661. The minimum atomic E-state index is -0.190. The van der Waals surface area contributed by atoms with E-state index in [4.69, 9.17) is 9.47 Å². The van der Waals surface area contributed by atoms with Crippen LogP contribution in [0.1, 0.15) is 30.9 Å². The normalized spacial score (nSPS) is 32.7. The highest BCUT2D eigenvalue weighted by Crippen LogP contribution is 2.53. The molecule has 116 valence electrons. The van der Waals surface area contributed by atoms with Crippen molar-refractivity contribution in [3.8, 4) is 5.75 Å². The number of carbonyl (C=O) groups excluding carboxylic acids is 1. The van der Waals surface area contributed by atoms with Gasteiger partial charge >= 0.3 is 0 Å². The first-order valence-electron chi connectivity index (χ1n) is 7.95. The summed E-state index contributed by atoms with van der Waals surface area (Å²) in [6, 6.07) is 5.74. The molecule has 2 aliphatic heterocycles. The summed E-state index contributed by atoms with van der Waals surface area (Å²) in [6.07, 6.45) is 2.67. The van der Waals surface area contributed by atoms with Crippen molar-refractivity contribution in [2.45, 2.75) is 38.4 Å². The quantitative estimate of drug-likeness (QED) is 0.932. The molecule has 2 unspecified atom stereocenters. The molecule has 2 bridgehead atoms. The number of Topliss-reactive ketones (excluding diaryl/α,β-unsaturated/α-hetero) is 1. The van der Waals surface area contributed by atoms with Gasteiger partial charge in [0.1, 0.15) is 11.5 Å². The van der Waals surface area contributed by atoms with Gasteiger partial charge in [-0.05, 0) is 42.5 Å². The van der Waals surface area contributed by atoms with E-state index < -0.39 is 0 Å². The fourth-order valence-corrected chi connectivity index (χ4v) is 4.31. The van der Waals surface area contributed by atoms with Crippen molar-refractivity contribution < 1.29 is 19.4 Å². The van der Waals surface area contributed by atoms with Crippen LogP contribution in [0.25, 0.3) is 5.57 Å². The molecule has 1 N–H and O–H groups in total. The van der Waals surface area contributed by atoms with Crippen LogP contribution in [0, 0.1) is 11.8 Å². The van der Waals surface area contributed by atoms with Crippen LogP contribution < -0.4 is 4.74 Å². The van der Waals surface area contributed by atoms with Crippen LogP contribution in [0.4, 0.5) is 0 Å². The second-order valence-electron chi connectivity index (χ2n) is 6.34. The van der Waals surface area contributed by atoms with Crippen molar-refractivity contribution in [1.82, 2.24) is 0 Å². The second kappa shape index (κ2) is 4.85. The number of aryl methyl sites for hydroxylation is 1. The first-order valence-corrected chi connectivity index (χ1v) is 7.95. The number of allylic oxidation sites excluding steroid dienone is 1. The number of ketones is 1. The molecule has 2 fully saturated rings. The summed E-state index contributed by atoms with van der Waals surface area (Å²) in [4.78, 5) is 12.9. The van der Waals surface area contributed by atoms with Gasteiger partial charge in [0, 0.05) is 0 Å². The lowest BCUT2D eigenvalue weighted by molar-refractivity contribution is -0.118. The van der Waals surface area contributed by atoms with E-state index in [1.165, 1.54) is 0 Å². The molecular formula is C18H20O4. The molecule has 0 aromatic heterocycles. The highest BCUT2D eigenvalue weighted by Gasteiger charge is 2.59. The zero-order chi connectivity index (χ0) is 15.4. The van der Waals surface area contributed by atoms with Crippen LogP contribution in [0.5, 0.6) is 5.75 Å². The van der Waals surface area contributed by atoms with Crippen LogP contribution in [0.2, 0.25) is 0 Å². The summed E-state index contributed by atoms with van der Waals surface area (Å²) in [5.41, 5.74) is 2.37. The Morgan fingerprint density at radius 1 is 1.27 bits per heavy atom. The Kier molecular flexibility index (Phi) is 3.05. The maximum absolute atomic E-state index is 12.9. The van der Waals surface area contributed by atoms with Gasteiger partial charge in [-0.3, -0.25) is 4.79 Å². The monoisotopic (exact) mass is 300 g/mol. The van der Waals surface area contributed by atoms with Crippen molar-refractivity contribution in [2.75, 3.05) is 7.11 Å². The Morgan fingerprint density at radius 2 is 2.00 bits per heavy atom. The lowest BCUT2D eigenvalue weighted by Crippen LogP contribution is -2.29. The van der Waals surface area contributed by atoms with Crippen molar-refractivity contribution in [1.29, 1.82) is 0 Å². The number of methoxy groups -OCH3 is 1. The average molecular weight is 300 g/mol. The number of ether oxygens (including phenoxy) is 2. The van der Waals surface area contributed by atoms with Crippen molar-refractivity contribution in [3.05, 3.63) is 35.1 Å². The van der Waals surface area contributed by atoms with Gasteiger partial charge < -0.3 is 14.6 Å². The van der Waals surface area contributed by atoms with Gasteiger partial charge in [0.25, 0.3) is 0 Å². The Bertz CT molecular complexity index is 676. The Hall–Kier alpha value is -1.81. The third-order valence-electron chi connectivity index (χ3n) is 5.36. The van der Waals surface area contributed by atoms with Crippen LogP contribution in [-0.4, -0.2) is 30.2 Å². The number of hydrogen-bond acceptors (Lipinski definition) is 4. The molecule has 1 aromatic carbocycles. The predicted octanol–water partition coefficient (Wildman–Crippen LogP) is 2.90. The third-order valence-corrected chi connectivity index (χ3v) is 5.36. The zero-order valence-corrected chi connectivity index (χ0v) is 12.8. The Labute approximate surface area is 129 Å². The second-order valence-corrected chi connectivity index (χ2v) is 6.34. The smallest absolute Gasteiger partial charge is 0.173 e. The van der Waals surface area contributed by atoms with Crippen LogP contribution >= 0.6 is 0 Å². The van der Waals surface area contributed by atoms with E-state index in [1.54, 1.807) is 7.11 Å². The van der Waals surface area contributed by atoms with Gasteiger partial charge in [-0.1, -0.05) is 13.0 Å². The van der Waals surface area contributed by atoms with Crippen molar-refractivity contribution in [2.24, 2.45) is 11.8 Å². The fourth-order valence-electron chi connectivity index (χ4n) is 4.31. The zero-order valence-electron chi connectivity index (χ0n) is 12.8. The van der Waals surface area contributed by atoms with E-state index in [9.17, 15) is 9.90 Å². The van der Waals surface area contributed by atoms with E-state index in [-0.39, 0.29) is 35.6 Å². The summed E-state index contributed by atoms with van der Waals surface area (Å²) in [6.45, 7) is 2.05. The molecular weight excluding hydrogens is 280 g/mol. The average Bonchev–Trinajstić information content (AvgIpc) is 3.21. The molecule has 4 heteroatoms.